The summed E-state index contributed by atoms with van der Waals surface area (Å²) in [6, 6.07) is 12.1. The van der Waals surface area contributed by atoms with Gasteiger partial charge in [-0.25, -0.2) is 14.0 Å². The number of ether oxygens (including phenoxy) is 2. The van der Waals surface area contributed by atoms with Crippen molar-refractivity contribution in [3.63, 3.8) is 0 Å². The summed E-state index contributed by atoms with van der Waals surface area (Å²) in [6.07, 6.45) is -0.344. The van der Waals surface area contributed by atoms with Crippen LogP contribution in [0.1, 0.15) is 47.1 Å². The molecule has 1 saturated heterocycles. The molecule has 2 aliphatic rings. The number of halogens is 1. The summed E-state index contributed by atoms with van der Waals surface area (Å²) >= 11 is 0. The number of carbonyl (C=O) groups is 2. The highest BCUT2D eigenvalue weighted by molar-refractivity contribution is 5.96. The second-order valence-electron chi connectivity index (χ2n) is 11.2. The molecule has 0 saturated carbocycles. The number of piperazine rings is 1. The molecule has 2 aliphatic heterocycles. The van der Waals surface area contributed by atoms with Gasteiger partial charge in [0.1, 0.15) is 17.0 Å². The average Bonchev–Trinajstić information content (AvgIpc) is 3.18. The summed E-state index contributed by atoms with van der Waals surface area (Å²) < 4.78 is 26.6. The van der Waals surface area contributed by atoms with E-state index in [1.807, 2.05) is 45.0 Å². The Morgan fingerprint density at radius 2 is 1.42 bits per heavy atom. The number of para-hydroxylation sites is 2. The highest BCUT2D eigenvalue weighted by atomic mass is 19.1. The standard InChI is InChI=1S/C27H35FN4O4/c1-25(2,3)35-23(33)27(29-21-9-7-8-10-22(21)30-27)19-17-18(11-12-20(19)28)31-13-15-32(16-14-31)24(34)36-26(4,5)6/h7-12,17,29-30H,13-16H2,1-6H3. The van der Waals surface area contributed by atoms with Gasteiger partial charge in [-0.2, -0.15) is 0 Å². The van der Waals surface area contributed by atoms with E-state index in [1.54, 1.807) is 37.8 Å². The Balaban J connectivity index is 1.61. The largest absolute Gasteiger partial charge is 0.457 e. The van der Waals surface area contributed by atoms with Gasteiger partial charge in [-0.1, -0.05) is 12.1 Å². The van der Waals surface area contributed by atoms with Gasteiger partial charge < -0.3 is 29.9 Å². The highest BCUT2D eigenvalue weighted by Gasteiger charge is 2.49. The lowest BCUT2D eigenvalue weighted by molar-refractivity contribution is -0.159. The van der Waals surface area contributed by atoms with Crippen molar-refractivity contribution in [1.29, 1.82) is 0 Å². The monoisotopic (exact) mass is 498 g/mol. The lowest BCUT2D eigenvalue weighted by Crippen LogP contribution is -2.51. The maximum atomic E-state index is 15.4. The summed E-state index contributed by atoms with van der Waals surface area (Å²) in [5, 5.41) is 6.38. The smallest absolute Gasteiger partial charge is 0.410 e. The molecule has 0 unspecified atom stereocenters. The van der Waals surface area contributed by atoms with E-state index in [2.05, 4.69) is 15.5 Å². The molecule has 8 nitrogen and oxygen atoms in total. The van der Waals surface area contributed by atoms with Crippen molar-refractivity contribution in [3.8, 4) is 0 Å². The second kappa shape index (κ2) is 9.19. The Morgan fingerprint density at radius 3 is 1.94 bits per heavy atom. The second-order valence-corrected chi connectivity index (χ2v) is 11.2. The summed E-state index contributed by atoms with van der Waals surface area (Å²) in [4.78, 5) is 29.7. The Labute approximate surface area is 211 Å². The van der Waals surface area contributed by atoms with Gasteiger partial charge >= 0.3 is 12.1 Å². The van der Waals surface area contributed by atoms with Crippen LogP contribution in [-0.2, 0) is 19.9 Å². The SMILES string of the molecule is CC(C)(C)OC(=O)N1CCN(c2ccc(F)c(C3(C(=O)OC(C)(C)C)Nc4ccccc4N3)c2)CC1. The Kier molecular flexibility index (Phi) is 6.53. The molecule has 0 atom stereocenters. The van der Waals surface area contributed by atoms with Crippen molar-refractivity contribution in [2.24, 2.45) is 0 Å². The number of nitrogens with zero attached hydrogens (tertiary/aromatic N) is 2. The number of esters is 1. The third-order valence-corrected chi connectivity index (χ3v) is 5.93. The normalized spacial score (nSPS) is 17.1. The van der Waals surface area contributed by atoms with Gasteiger partial charge in [0.05, 0.1) is 11.4 Å². The van der Waals surface area contributed by atoms with E-state index in [0.717, 1.165) is 5.69 Å². The van der Waals surface area contributed by atoms with Crippen LogP contribution in [0, 0.1) is 5.82 Å². The topological polar surface area (TPSA) is 83.1 Å². The summed E-state index contributed by atoms with van der Waals surface area (Å²) in [7, 11) is 0. The first-order valence-corrected chi connectivity index (χ1v) is 12.2. The minimum atomic E-state index is -1.63. The predicted molar refractivity (Wildman–Crippen MR) is 138 cm³/mol. The third kappa shape index (κ3) is 5.34. The minimum absolute atomic E-state index is 0.139. The molecule has 9 heteroatoms. The van der Waals surface area contributed by atoms with Gasteiger partial charge in [0.2, 0.25) is 5.66 Å². The summed E-state index contributed by atoms with van der Waals surface area (Å²) in [6.45, 7) is 12.9. The fourth-order valence-corrected chi connectivity index (χ4v) is 4.31. The molecule has 0 aromatic heterocycles. The van der Waals surface area contributed by atoms with Crippen LogP contribution in [0.4, 0.5) is 26.2 Å². The first kappa shape index (κ1) is 25.6. The van der Waals surface area contributed by atoms with E-state index < -0.39 is 28.7 Å². The van der Waals surface area contributed by atoms with Gasteiger partial charge in [-0.05, 0) is 71.9 Å². The molecule has 2 aromatic rings. The highest BCUT2D eigenvalue weighted by Crippen LogP contribution is 2.42. The van der Waals surface area contributed by atoms with Crippen molar-refractivity contribution < 1.29 is 23.5 Å². The molecule has 1 amide bonds. The first-order valence-electron chi connectivity index (χ1n) is 12.2. The van der Waals surface area contributed by atoms with Gasteiger partial charge in [0.15, 0.2) is 0 Å². The number of hydrogen-bond acceptors (Lipinski definition) is 7. The van der Waals surface area contributed by atoms with E-state index in [-0.39, 0.29) is 11.7 Å². The minimum Gasteiger partial charge on any atom is -0.457 e. The van der Waals surface area contributed by atoms with Crippen LogP contribution in [0.2, 0.25) is 0 Å². The molecule has 2 heterocycles. The van der Waals surface area contributed by atoms with Gasteiger partial charge in [0, 0.05) is 37.4 Å². The number of amides is 1. The quantitative estimate of drug-likeness (QED) is 0.582. The summed E-state index contributed by atoms with van der Waals surface area (Å²) in [5.74, 6) is -1.16. The molecule has 194 valence electrons. The van der Waals surface area contributed by atoms with E-state index in [1.165, 1.54) is 6.07 Å². The van der Waals surface area contributed by atoms with E-state index in [9.17, 15) is 9.59 Å². The lowest BCUT2D eigenvalue weighted by atomic mass is 9.97. The third-order valence-electron chi connectivity index (χ3n) is 5.93. The van der Waals surface area contributed by atoms with Crippen molar-refractivity contribution >= 4 is 29.1 Å². The van der Waals surface area contributed by atoms with Crippen LogP contribution >= 0.6 is 0 Å². The van der Waals surface area contributed by atoms with Crippen LogP contribution < -0.4 is 15.5 Å². The van der Waals surface area contributed by atoms with Crippen molar-refractivity contribution in [2.75, 3.05) is 41.7 Å². The van der Waals surface area contributed by atoms with E-state index >= 15 is 4.39 Å². The zero-order chi connectivity index (χ0) is 26.3. The van der Waals surface area contributed by atoms with Crippen molar-refractivity contribution in [1.82, 2.24) is 4.90 Å². The maximum Gasteiger partial charge on any atom is 0.410 e. The fraction of sp³-hybridized carbons (Fsp3) is 0.481. The first-order chi connectivity index (χ1) is 16.8. The lowest BCUT2D eigenvalue weighted by Gasteiger charge is -2.37. The number of anilines is 3. The summed E-state index contributed by atoms with van der Waals surface area (Å²) in [5.41, 5.74) is -0.713. The van der Waals surface area contributed by atoms with E-state index in [0.29, 0.717) is 37.6 Å². The maximum absolute atomic E-state index is 15.4. The molecule has 2 aromatic carbocycles. The van der Waals surface area contributed by atoms with Crippen molar-refractivity contribution in [2.45, 2.75) is 58.4 Å². The number of fused-ring (bicyclic) bond motifs is 1. The fourth-order valence-electron chi connectivity index (χ4n) is 4.31. The molecular weight excluding hydrogens is 463 g/mol. The number of rotatable bonds is 3. The number of carbonyl (C=O) groups excluding carboxylic acids is 2. The molecular formula is C27H35FN4O4. The molecule has 36 heavy (non-hydrogen) atoms. The van der Waals surface area contributed by atoms with E-state index in [4.69, 9.17) is 9.47 Å². The van der Waals surface area contributed by atoms with Gasteiger partial charge in [-0.3, -0.25) is 0 Å². The van der Waals surface area contributed by atoms with Crippen LogP contribution in [0.3, 0.4) is 0 Å². The zero-order valence-corrected chi connectivity index (χ0v) is 21.8. The molecule has 0 radical (unpaired) electrons. The molecule has 2 N–H and O–H groups in total. The molecule has 0 spiro atoms. The van der Waals surface area contributed by atoms with Gasteiger partial charge in [0.25, 0.3) is 0 Å². The molecule has 1 fully saturated rings. The number of hydrogen-bond donors (Lipinski definition) is 2. The van der Waals surface area contributed by atoms with Crippen molar-refractivity contribution in [3.05, 3.63) is 53.8 Å². The van der Waals surface area contributed by atoms with Crippen LogP contribution in [0.25, 0.3) is 0 Å². The zero-order valence-electron chi connectivity index (χ0n) is 21.8. The average molecular weight is 499 g/mol. The Bertz CT molecular complexity index is 1120. The van der Waals surface area contributed by atoms with Gasteiger partial charge in [-0.15, -0.1) is 0 Å². The Morgan fingerprint density at radius 1 is 0.861 bits per heavy atom. The molecule has 4 rings (SSSR count). The molecule has 0 bridgehead atoms. The number of nitrogens with one attached hydrogen (secondary N) is 2. The predicted octanol–water partition coefficient (Wildman–Crippen LogP) is 4.91. The van der Waals surface area contributed by atoms with Crippen LogP contribution in [-0.4, -0.2) is 54.3 Å². The van der Waals surface area contributed by atoms with Crippen LogP contribution in [0.5, 0.6) is 0 Å². The van der Waals surface area contributed by atoms with Crippen LogP contribution in [0.15, 0.2) is 42.5 Å². The molecule has 0 aliphatic carbocycles. The Hall–Kier alpha value is -3.49. The number of benzene rings is 2.